The molecule has 0 bridgehead atoms. The lowest BCUT2D eigenvalue weighted by atomic mass is 10.1. The lowest BCUT2D eigenvalue weighted by Crippen LogP contribution is -2.35. The second-order valence-electron chi connectivity index (χ2n) is 6.90. The number of aromatic nitrogens is 1. The van der Waals surface area contributed by atoms with Crippen LogP contribution in [0, 0.1) is 0 Å². The smallest absolute Gasteiger partial charge is 0.142 e. The first kappa shape index (κ1) is 16.9. The molecule has 0 saturated carbocycles. The zero-order valence-corrected chi connectivity index (χ0v) is 13.6. The van der Waals surface area contributed by atoms with E-state index in [1.165, 1.54) is 0 Å². The maximum absolute atomic E-state index is 5.77. The van der Waals surface area contributed by atoms with Gasteiger partial charge >= 0.3 is 0 Å². The van der Waals surface area contributed by atoms with Crippen molar-refractivity contribution in [1.82, 2.24) is 10.3 Å². The van der Waals surface area contributed by atoms with Crippen LogP contribution in [-0.4, -0.2) is 29.3 Å². The number of hydrogen-bond donors (Lipinski definition) is 1. The summed E-state index contributed by atoms with van der Waals surface area (Å²) in [4.78, 5) is 4.12. The minimum atomic E-state index is -0.130. The van der Waals surface area contributed by atoms with Gasteiger partial charge in [0.05, 0.1) is 18.4 Å². The largest absolute Gasteiger partial charge is 0.489 e. The Bertz CT molecular complexity index is 406. The van der Waals surface area contributed by atoms with Gasteiger partial charge in [0, 0.05) is 23.8 Å². The van der Waals surface area contributed by atoms with Gasteiger partial charge in [0.1, 0.15) is 12.4 Å². The van der Waals surface area contributed by atoms with Crippen LogP contribution in [0.5, 0.6) is 5.75 Å². The first-order valence-electron chi connectivity index (χ1n) is 7.12. The fraction of sp³-hybridized carbons (Fsp3) is 0.688. The van der Waals surface area contributed by atoms with Crippen molar-refractivity contribution in [2.75, 3.05) is 13.2 Å². The molecule has 1 N–H and O–H groups in total. The van der Waals surface area contributed by atoms with E-state index in [1.807, 2.05) is 26.8 Å². The van der Waals surface area contributed by atoms with Gasteiger partial charge < -0.3 is 14.8 Å². The fourth-order valence-electron chi connectivity index (χ4n) is 1.54. The van der Waals surface area contributed by atoms with Crippen molar-refractivity contribution in [3.8, 4) is 5.75 Å². The van der Waals surface area contributed by atoms with Gasteiger partial charge in [-0.15, -0.1) is 0 Å². The molecule has 0 fully saturated rings. The van der Waals surface area contributed by atoms with Crippen molar-refractivity contribution < 1.29 is 9.47 Å². The third kappa shape index (κ3) is 7.46. The molecule has 114 valence electrons. The lowest BCUT2D eigenvalue weighted by Gasteiger charge is -2.22. The van der Waals surface area contributed by atoms with Crippen molar-refractivity contribution in [2.24, 2.45) is 0 Å². The van der Waals surface area contributed by atoms with Crippen LogP contribution in [0.15, 0.2) is 18.5 Å². The Hall–Kier alpha value is -1.13. The molecule has 1 heterocycles. The van der Waals surface area contributed by atoms with E-state index in [2.05, 4.69) is 31.1 Å². The predicted molar refractivity (Wildman–Crippen MR) is 82.0 cm³/mol. The Morgan fingerprint density at radius 2 is 1.80 bits per heavy atom. The quantitative estimate of drug-likeness (QED) is 0.813. The number of pyridine rings is 1. The average Bonchev–Trinajstić information content (AvgIpc) is 2.31. The molecule has 0 aliphatic heterocycles. The molecular formula is C16H28N2O2. The summed E-state index contributed by atoms with van der Waals surface area (Å²) in [6.07, 6.45) is 3.55. The van der Waals surface area contributed by atoms with Crippen LogP contribution in [0.3, 0.4) is 0 Å². The second kappa shape index (κ2) is 7.04. The Labute approximate surface area is 122 Å². The molecule has 0 saturated heterocycles. The normalized spacial score (nSPS) is 12.5. The summed E-state index contributed by atoms with van der Waals surface area (Å²) in [6.45, 7) is 14.4. The Morgan fingerprint density at radius 1 is 1.10 bits per heavy atom. The zero-order valence-electron chi connectivity index (χ0n) is 13.6. The molecule has 20 heavy (non-hydrogen) atoms. The highest BCUT2D eigenvalue weighted by molar-refractivity contribution is 5.29. The molecule has 0 unspecified atom stereocenters. The van der Waals surface area contributed by atoms with E-state index in [4.69, 9.17) is 9.47 Å². The molecule has 1 rings (SSSR count). The summed E-state index contributed by atoms with van der Waals surface area (Å²) in [5, 5.41) is 3.45. The highest BCUT2D eigenvalue weighted by atomic mass is 16.5. The number of nitrogens with zero attached hydrogens (tertiary/aromatic N) is 1. The molecule has 0 amide bonds. The third-order valence-electron chi connectivity index (χ3n) is 2.56. The van der Waals surface area contributed by atoms with E-state index in [0.717, 1.165) is 17.9 Å². The number of hydrogen-bond acceptors (Lipinski definition) is 4. The van der Waals surface area contributed by atoms with Crippen molar-refractivity contribution in [3.05, 3.63) is 24.0 Å². The molecule has 4 nitrogen and oxygen atoms in total. The molecule has 0 aliphatic rings. The molecule has 0 aromatic carbocycles. The third-order valence-corrected chi connectivity index (χ3v) is 2.56. The molecule has 0 spiro atoms. The van der Waals surface area contributed by atoms with E-state index >= 15 is 0 Å². The summed E-state index contributed by atoms with van der Waals surface area (Å²) >= 11 is 0. The Kier molecular flexibility index (Phi) is 5.96. The SMILES string of the molecule is CC(C)(C)NCc1ccncc1OCCOC(C)(C)C. The van der Waals surface area contributed by atoms with Crippen molar-refractivity contribution >= 4 is 0 Å². The van der Waals surface area contributed by atoms with E-state index in [9.17, 15) is 0 Å². The van der Waals surface area contributed by atoms with E-state index < -0.39 is 0 Å². The average molecular weight is 280 g/mol. The van der Waals surface area contributed by atoms with Gasteiger partial charge in [0.15, 0.2) is 0 Å². The van der Waals surface area contributed by atoms with E-state index in [-0.39, 0.29) is 11.1 Å². The van der Waals surface area contributed by atoms with Crippen molar-refractivity contribution in [1.29, 1.82) is 0 Å². The number of nitrogens with one attached hydrogen (secondary N) is 1. The Morgan fingerprint density at radius 3 is 2.40 bits per heavy atom. The van der Waals surface area contributed by atoms with Gasteiger partial charge in [0.2, 0.25) is 0 Å². The number of ether oxygens (including phenoxy) is 2. The summed E-state index contributed by atoms with van der Waals surface area (Å²) in [6, 6.07) is 1.98. The van der Waals surface area contributed by atoms with Gasteiger partial charge in [-0.25, -0.2) is 0 Å². The van der Waals surface area contributed by atoms with E-state index in [1.54, 1.807) is 12.4 Å². The molecule has 4 heteroatoms. The zero-order chi connectivity index (χ0) is 15.2. The highest BCUT2D eigenvalue weighted by Gasteiger charge is 2.12. The van der Waals surface area contributed by atoms with Crippen molar-refractivity contribution in [2.45, 2.75) is 59.2 Å². The van der Waals surface area contributed by atoms with Gasteiger partial charge in [-0.3, -0.25) is 4.98 Å². The summed E-state index contributed by atoms with van der Waals surface area (Å²) in [7, 11) is 0. The summed E-state index contributed by atoms with van der Waals surface area (Å²) < 4.78 is 11.4. The Balaban J connectivity index is 2.49. The minimum absolute atomic E-state index is 0.0793. The predicted octanol–water partition coefficient (Wildman–Crippen LogP) is 3.16. The molecular weight excluding hydrogens is 252 g/mol. The molecule has 1 aromatic rings. The fourth-order valence-corrected chi connectivity index (χ4v) is 1.54. The molecule has 0 atom stereocenters. The van der Waals surface area contributed by atoms with Gasteiger partial charge in [-0.05, 0) is 47.6 Å². The van der Waals surface area contributed by atoms with Gasteiger partial charge in [-0.1, -0.05) is 0 Å². The first-order valence-corrected chi connectivity index (χ1v) is 7.12. The van der Waals surface area contributed by atoms with Crippen LogP contribution < -0.4 is 10.1 Å². The van der Waals surface area contributed by atoms with Crippen LogP contribution in [0.1, 0.15) is 47.1 Å². The maximum Gasteiger partial charge on any atom is 0.142 e. The molecule has 1 aromatic heterocycles. The highest BCUT2D eigenvalue weighted by Crippen LogP contribution is 2.17. The maximum atomic E-state index is 5.77. The number of rotatable bonds is 6. The summed E-state index contributed by atoms with van der Waals surface area (Å²) in [5.74, 6) is 0.821. The van der Waals surface area contributed by atoms with Gasteiger partial charge in [-0.2, -0.15) is 0 Å². The standard InChI is InChI=1S/C16H28N2O2/c1-15(2,3)18-11-13-7-8-17-12-14(13)19-9-10-20-16(4,5)6/h7-8,12,18H,9-11H2,1-6H3. The van der Waals surface area contributed by atoms with Crippen molar-refractivity contribution in [3.63, 3.8) is 0 Å². The second-order valence-corrected chi connectivity index (χ2v) is 6.90. The molecule has 0 radical (unpaired) electrons. The van der Waals surface area contributed by atoms with Crippen LogP contribution in [0.2, 0.25) is 0 Å². The van der Waals surface area contributed by atoms with Crippen LogP contribution in [0.25, 0.3) is 0 Å². The van der Waals surface area contributed by atoms with E-state index in [0.29, 0.717) is 13.2 Å². The minimum Gasteiger partial charge on any atom is -0.489 e. The van der Waals surface area contributed by atoms with Crippen LogP contribution >= 0.6 is 0 Å². The van der Waals surface area contributed by atoms with Crippen LogP contribution in [0.4, 0.5) is 0 Å². The first-order chi connectivity index (χ1) is 9.17. The molecule has 0 aliphatic carbocycles. The lowest BCUT2D eigenvalue weighted by molar-refractivity contribution is -0.0164. The van der Waals surface area contributed by atoms with Crippen LogP contribution in [-0.2, 0) is 11.3 Å². The van der Waals surface area contributed by atoms with Gasteiger partial charge in [0.25, 0.3) is 0 Å². The monoisotopic (exact) mass is 280 g/mol. The topological polar surface area (TPSA) is 43.4 Å². The summed E-state index contributed by atoms with van der Waals surface area (Å²) in [5.41, 5.74) is 1.07.